The third kappa shape index (κ3) is 2.39. The average Bonchev–Trinajstić information content (AvgIpc) is 2.39. The van der Waals surface area contributed by atoms with Crippen LogP contribution in [0.3, 0.4) is 0 Å². The molecule has 2 rings (SSSR count). The smallest absolute Gasteiger partial charge is 0.0636 e. The molecule has 18 heavy (non-hydrogen) atoms. The van der Waals surface area contributed by atoms with Crippen molar-refractivity contribution in [1.82, 2.24) is 0 Å². The molecule has 1 aromatic carbocycles. The molecule has 1 aliphatic heterocycles. The standard InChI is InChI=1S/C15H24N2S/c1-12-6-4-7-14(10-12)17(3)15(11-16)8-5-9-18-13(15)2/h4,6-7,10,13H,5,8-9,11,16H2,1-3H3. The molecule has 0 radical (unpaired) electrons. The minimum Gasteiger partial charge on any atom is -0.367 e. The summed E-state index contributed by atoms with van der Waals surface area (Å²) in [4.78, 5) is 2.41. The number of likely N-dealkylation sites (N-methyl/N-ethyl adjacent to an activating group) is 1. The molecule has 1 aromatic rings. The van der Waals surface area contributed by atoms with E-state index in [-0.39, 0.29) is 5.54 Å². The van der Waals surface area contributed by atoms with Crippen LogP contribution >= 0.6 is 11.8 Å². The number of benzene rings is 1. The summed E-state index contributed by atoms with van der Waals surface area (Å²) in [6.45, 7) is 5.19. The Labute approximate surface area is 115 Å². The zero-order chi connectivity index (χ0) is 13.2. The summed E-state index contributed by atoms with van der Waals surface area (Å²) >= 11 is 2.06. The van der Waals surface area contributed by atoms with Crippen molar-refractivity contribution in [3.63, 3.8) is 0 Å². The third-order valence-electron chi connectivity index (χ3n) is 4.29. The van der Waals surface area contributed by atoms with E-state index >= 15 is 0 Å². The van der Waals surface area contributed by atoms with Crippen molar-refractivity contribution in [2.24, 2.45) is 5.73 Å². The highest BCUT2D eigenvalue weighted by Gasteiger charge is 2.41. The quantitative estimate of drug-likeness (QED) is 0.910. The summed E-state index contributed by atoms with van der Waals surface area (Å²) < 4.78 is 0. The van der Waals surface area contributed by atoms with E-state index in [4.69, 9.17) is 5.73 Å². The molecule has 1 saturated heterocycles. The number of thioether (sulfide) groups is 1. The van der Waals surface area contributed by atoms with E-state index in [0.717, 1.165) is 6.54 Å². The van der Waals surface area contributed by atoms with Crippen LogP contribution in [0.5, 0.6) is 0 Å². The van der Waals surface area contributed by atoms with Crippen LogP contribution in [-0.2, 0) is 0 Å². The van der Waals surface area contributed by atoms with Crippen molar-refractivity contribution in [1.29, 1.82) is 0 Å². The number of anilines is 1. The van der Waals surface area contributed by atoms with Crippen molar-refractivity contribution in [2.45, 2.75) is 37.5 Å². The van der Waals surface area contributed by atoms with E-state index in [2.05, 4.69) is 61.8 Å². The van der Waals surface area contributed by atoms with Crippen LogP contribution in [0.25, 0.3) is 0 Å². The zero-order valence-electron chi connectivity index (χ0n) is 11.6. The van der Waals surface area contributed by atoms with E-state index in [1.165, 1.54) is 29.8 Å². The number of hydrogen-bond acceptors (Lipinski definition) is 3. The lowest BCUT2D eigenvalue weighted by Crippen LogP contribution is -2.59. The van der Waals surface area contributed by atoms with Gasteiger partial charge in [0.2, 0.25) is 0 Å². The first kappa shape index (κ1) is 13.8. The van der Waals surface area contributed by atoms with Crippen LogP contribution in [0.15, 0.2) is 24.3 Å². The summed E-state index contributed by atoms with van der Waals surface area (Å²) in [6, 6.07) is 8.72. The molecule has 0 spiro atoms. The largest absolute Gasteiger partial charge is 0.367 e. The fourth-order valence-electron chi connectivity index (χ4n) is 2.94. The van der Waals surface area contributed by atoms with Gasteiger partial charge in [0, 0.05) is 24.5 Å². The average molecular weight is 264 g/mol. The van der Waals surface area contributed by atoms with Gasteiger partial charge in [-0.3, -0.25) is 0 Å². The Kier molecular flexibility index (Phi) is 4.23. The van der Waals surface area contributed by atoms with Gasteiger partial charge in [-0.25, -0.2) is 0 Å². The molecule has 0 saturated carbocycles. The van der Waals surface area contributed by atoms with Crippen molar-refractivity contribution in [2.75, 3.05) is 24.2 Å². The van der Waals surface area contributed by atoms with Gasteiger partial charge in [0.05, 0.1) is 5.54 Å². The maximum absolute atomic E-state index is 6.15. The minimum absolute atomic E-state index is 0.108. The molecule has 0 amide bonds. The molecule has 2 N–H and O–H groups in total. The highest BCUT2D eigenvalue weighted by atomic mass is 32.2. The molecule has 0 aromatic heterocycles. The monoisotopic (exact) mass is 264 g/mol. The first-order chi connectivity index (χ1) is 8.60. The van der Waals surface area contributed by atoms with Gasteiger partial charge in [-0.05, 0) is 43.2 Å². The van der Waals surface area contributed by atoms with E-state index in [9.17, 15) is 0 Å². The van der Waals surface area contributed by atoms with E-state index < -0.39 is 0 Å². The topological polar surface area (TPSA) is 29.3 Å². The second kappa shape index (κ2) is 5.54. The second-order valence-electron chi connectivity index (χ2n) is 5.32. The van der Waals surface area contributed by atoms with Gasteiger partial charge < -0.3 is 10.6 Å². The Balaban J connectivity index is 2.31. The molecule has 0 bridgehead atoms. The predicted molar refractivity (Wildman–Crippen MR) is 82.5 cm³/mol. The molecule has 2 atom stereocenters. The van der Waals surface area contributed by atoms with Crippen molar-refractivity contribution in [3.8, 4) is 0 Å². The van der Waals surface area contributed by atoms with E-state index in [0.29, 0.717) is 5.25 Å². The third-order valence-corrected chi connectivity index (χ3v) is 5.75. The highest BCUT2D eigenvalue weighted by molar-refractivity contribution is 8.00. The fourth-order valence-corrected chi connectivity index (χ4v) is 4.28. The molecule has 0 aliphatic carbocycles. The molecular weight excluding hydrogens is 240 g/mol. The Morgan fingerprint density at radius 2 is 2.28 bits per heavy atom. The van der Waals surface area contributed by atoms with Crippen LogP contribution < -0.4 is 10.6 Å². The molecule has 2 nitrogen and oxygen atoms in total. The first-order valence-corrected chi connectivity index (χ1v) is 7.77. The second-order valence-corrected chi connectivity index (χ2v) is 6.77. The number of nitrogens with zero attached hydrogens (tertiary/aromatic N) is 1. The lowest BCUT2D eigenvalue weighted by Gasteiger charge is -2.49. The number of hydrogen-bond donors (Lipinski definition) is 1. The molecule has 1 fully saturated rings. The predicted octanol–water partition coefficient (Wildman–Crippen LogP) is 3.04. The lowest BCUT2D eigenvalue weighted by molar-refractivity contribution is 0.367. The van der Waals surface area contributed by atoms with Crippen LogP contribution in [0.2, 0.25) is 0 Å². The first-order valence-electron chi connectivity index (χ1n) is 6.72. The molecule has 1 aliphatic rings. The number of rotatable bonds is 3. The molecule has 3 heteroatoms. The Hall–Kier alpha value is -0.670. The molecule has 100 valence electrons. The van der Waals surface area contributed by atoms with Gasteiger partial charge in [0.15, 0.2) is 0 Å². The Morgan fingerprint density at radius 1 is 1.50 bits per heavy atom. The summed E-state index contributed by atoms with van der Waals surface area (Å²) in [5.41, 5.74) is 8.85. The summed E-state index contributed by atoms with van der Waals surface area (Å²) in [5.74, 6) is 1.27. The van der Waals surface area contributed by atoms with Gasteiger partial charge >= 0.3 is 0 Å². The van der Waals surface area contributed by atoms with Crippen molar-refractivity contribution >= 4 is 17.4 Å². The number of aryl methyl sites for hydroxylation is 1. The Morgan fingerprint density at radius 3 is 2.89 bits per heavy atom. The van der Waals surface area contributed by atoms with Gasteiger partial charge in [-0.15, -0.1) is 0 Å². The zero-order valence-corrected chi connectivity index (χ0v) is 12.5. The van der Waals surface area contributed by atoms with E-state index in [1.54, 1.807) is 0 Å². The van der Waals surface area contributed by atoms with Crippen LogP contribution in [-0.4, -0.2) is 30.1 Å². The van der Waals surface area contributed by atoms with Crippen LogP contribution in [0.1, 0.15) is 25.3 Å². The number of nitrogens with two attached hydrogens (primary N) is 1. The SMILES string of the molecule is Cc1cccc(N(C)C2(CN)CCCSC2C)c1. The van der Waals surface area contributed by atoms with Gasteiger partial charge in [0.1, 0.15) is 0 Å². The molecular formula is C15H24N2S. The fraction of sp³-hybridized carbons (Fsp3) is 0.600. The van der Waals surface area contributed by atoms with Crippen molar-refractivity contribution in [3.05, 3.63) is 29.8 Å². The van der Waals surface area contributed by atoms with E-state index in [1.807, 2.05) is 0 Å². The van der Waals surface area contributed by atoms with Crippen LogP contribution in [0.4, 0.5) is 5.69 Å². The van der Waals surface area contributed by atoms with Gasteiger partial charge in [-0.2, -0.15) is 11.8 Å². The van der Waals surface area contributed by atoms with Gasteiger partial charge in [0.25, 0.3) is 0 Å². The minimum atomic E-state index is 0.108. The summed E-state index contributed by atoms with van der Waals surface area (Å²) in [6.07, 6.45) is 2.46. The molecule has 1 heterocycles. The maximum atomic E-state index is 6.15. The molecule has 2 unspecified atom stereocenters. The maximum Gasteiger partial charge on any atom is 0.0636 e. The normalized spacial score (nSPS) is 28.1. The Bertz CT molecular complexity index is 407. The van der Waals surface area contributed by atoms with Crippen molar-refractivity contribution < 1.29 is 0 Å². The lowest BCUT2D eigenvalue weighted by atomic mass is 9.87. The van der Waals surface area contributed by atoms with Crippen LogP contribution in [0, 0.1) is 6.92 Å². The van der Waals surface area contributed by atoms with Gasteiger partial charge in [-0.1, -0.05) is 19.1 Å². The highest BCUT2D eigenvalue weighted by Crippen LogP contribution is 2.39. The summed E-state index contributed by atoms with van der Waals surface area (Å²) in [7, 11) is 2.20. The summed E-state index contributed by atoms with van der Waals surface area (Å²) in [5, 5.41) is 0.585.